The Bertz CT molecular complexity index is 439. The van der Waals surface area contributed by atoms with Crippen LogP contribution < -0.4 is 10.6 Å². The van der Waals surface area contributed by atoms with E-state index in [4.69, 9.17) is 10.5 Å². The standard InChI is InChI=1S/C14H21FN2O2/c1-9-6-17(7-12(8-18)19-9)14-4-3-11(15)5-13(14)10(2)16/h3-5,9-10,12,18H,6-8,16H2,1-2H3. The predicted molar refractivity (Wildman–Crippen MR) is 72.6 cm³/mol. The molecule has 5 heteroatoms. The van der Waals surface area contributed by atoms with Crippen LogP contribution in [0.2, 0.25) is 0 Å². The van der Waals surface area contributed by atoms with Crippen LogP contribution in [0.1, 0.15) is 25.5 Å². The molecule has 1 aliphatic rings. The van der Waals surface area contributed by atoms with Gasteiger partial charge in [0.25, 0.3) is 0 Å². The Balaban J connectivity index is 2.30. The van der Waals surface area contributed by atoms with E-state index in [1.165, 1.54) is 12.1 Å². The summed E-state index contributed by atoms with van der Waals surface area (Å²) in [6, 6.07) is 4.43. The van der Waals surface area contributed by atoms with Crippen LogP contribution in [0.4, 0.5) is 10.1 Å². The van der Waals surface area contributed by atoms with Gasteiger partial charge in [0, 0.05) is 24.8 Å². The molecule has 1 heterocycles. The zero-order chi connectivity index (χ0) is 14.0. The van der Waals surface area contributed by atoms with Crippen LogP contribution in [0.15, 0.2) is 18.2 Å². The molecule has 2 rings (SSSR count). The van der Waals surface area contributed by atoms with Gasteiger partial charge in [0.05, 0.1) is 18.8 Å². The van der Waals surface area contributed by atoms with Gasteiger partial charge >= 0.3 is 0 Å². The van der Waals surface area contributed by atoms with Gasteiger partial charge in [-0.2, -0.15) is 0 Å². The second-order valence-electron chi connectivity index (χ2n) is 5.15. The number of ether oxygens (including phenoxy) is 1. The monoisotopic (exact) mass is 268 g/mol. The third-order valence-corrected chi connectivity index (χ3v) is 3.35. The first-order valence-electron chi connectivity index (χ1n) is 6.57. The van der Waals surface area contributed by atoms with E-state index in [-0.39, 0.29) is 30.7 Å². The molecular formula is C14H21FN2O2. The quantitative estimate of drug-likeness (QED) is 0.870. The molecule has 1 aliphatic heterocycles. The number of aliphatic hydroxyl groups is 1. The van der Waals surface area contributed by atoms with Crippen molar-refractivity contribution >= 4 is 5.69 Å². The fourth-order valence-electron chi connectivity index (χ4n) is 2.52. The van der Waals surface area contributed by atoms with Crippen LogP contribution in [-0.2, 0) is 4.74 Å². The maximum atomic E-state index is 13.4. The number of morpholine rings is 1. The summed E-state index contributed by atoms with van der Waals surface area (Å²) in [5.41, 5.74) is 7.62. The molecule has 1 fully saturated rings. The van der Waals surface area contributed by atoms with Crippen molar-refractivity contribution in [3.8, 4) is 0 Å². The number of rotatable bonds is 3. The minimum Gasteiger partial charge on any atom is -0.394 e. The van der Waals surface area contributed by atoms with Gasteiger partial charge in [-0.05, 0) is 37.6 Å². The lowest BCUT2D eigenvalue weighted by Gasteiger charge is -2.38. The van der Waals surface area contributed by atoms with Gasteiger partial charge in [-0.25, -0.2) is 4.39 Å². The number of nitrogens with zero attached hydrogens (tertiary/aromatic N) is 1. The molecular weight excluding hydrogens is 247 g/mol. The topological polar surface area (TPSA) is 58.7 Å². The Morgan fingerprint density at radius 3 is 2.89 bits per heavy atom. The first kappa shape index (κ1) is 14.2. The van der Waals surface area contributed by atoms with Crippen LogP contribution in [-0.4, -0.2) is 37.0 Å². The Kier molecular flexibility index (Phi) is 4.39. The van der Waals surface area contributed by atoms with Crippen molar-refractivity contribution in [2.75, 3.05) is 24.6 Å². The van der Waals surface area contributed by atoms with Gasteiger partial charge in [0.15, 0.2) is 0 Å². The third-order valence-electron chi connectivity index (χ3n) is 3.35. The largest absolute Gasteiger partial charge is 0.394 e. The number of nitrogens with two attached hydrogens (primary N) is 1. The predicted octanol–water partition coefficient (Wildman–Crippen LogP) is 1.43. The number of anilines is 1. The highest BCUT2D eigenvalue weighted by molar-refractivity contribution is 5.55. The fraction of sp³-hybridized carbons (Fsp3) is 0.571. The Labute approximate surface area is 113 Å². The SMILES string of the molecule is CC1CN(c2ccc(F)cc2C(C)N)CC(CO)O1. The molecule has 0 bridgehead atoms. The highest BCUT2D eigenvalue weighted by Crippen LogP contribution is 2.28. The summed E-state index contributed by atoms with van der Waals surface area (Å²) >= 11 is 0. The van der Waals surface area contributed by atoms with E-state index < -0.39 is 0 Å². The summed E-state index contributed by atoms with van der Waals surface area (Å²) in [7, 11) is 0. The molecule has 3 atom stereocenters. The Morgan fingerprint density at radius 1 is 1.53 bits per heavy atom. The molecule has 0 amide bonds. The summed E-state index contributed by atoms with van der Waals surface area (Å²) in [6.45, 7) is 5.08. The molecule has 1 aromatic rings. The normalized spacial score (nSPS) is 25.4. The highest BCUT2D eigenvalue weighted by Gasteiger charge is 2.26. The zero-order valence-corrected chi connectivity index (χ0v) is 11.3. The summed E-state index contributed by atoms with van der Waals surface area (Å²) in [6.07, 6.45) is -0.188. The van der Waals surface area contributed by atoms with Crippen molar-refractivity contribution in [2.24, 2.45) is 5.73 Å². The summed E-state index contributed by atoms with van der Waals surface area (Å²) in [5, 5.41) is 9.26. The third kappa shape index (κ3) is 3.23. The molecule has 0 radical (unpaired) electrons. The van der Waals surface area contributed by atoms with Crippen molar-refractivity contribution in [3.05, 3.63) is 29.6 Å². The van der Waals surface area contributed by atoms with Crippen LogP contribution >= 0.6 is 0 Å². The average molecular weight is 268 g/mol. The molecule has 106 valence electrons. The summed E-state index contributed by atoms with van der Waals surface area (Å²) in [5.74, 6) is -0.281. The van der Waals surface area contributed by atoms with Gasteiger partial charge < -0.3 is 20.5 Å². The molecule has 0 aliphatic carbocycles. The van der Waals surface area contributed by atoms with Crippen molar-refractivity contribution in [1.29, 1.82) is 0 Å². The van der Waals surface area contributed by atoms with Gasteiger partial charge in [-0.1, -0.05) is 0 Å². The lowest BCUT2D eigenvalue weighted by molar-refractivity contribution is -0.0421. The van der Waals surface area contributed by atoms with E-state index in [1.54, 1.807) is 6.07 Å². The van der Waals surface area contributed by atoms with Gasteiger partial charge in [-0.15, -0.1) is 0 Å². The smallest absolute Gasteiger partial charge is 0.123 e. The van der Waals surface area contributed by atoms with E-state index >= 15 is 0 Å². The van der Waals surface area contributed by atoms with Gasteiger partial charge in [-0.3, -0.25) is 0 Å². The first-order valence-corrected chi connectivity index (χ1v) is 6.57. The fourth-order valence-corrected chi connectivity index (χ4v) is 2.52. The van der Waals surface area contributed by atoms with E-state index in [9.17, 15) is 9.50 Å². The lowest BCUT2D eigenvalue weighted by Crippen LogP contribution is -2.48. The Hall–Kier alpha value is -1.17. The van der Waals surface area contributed by atoms with Gasteiger partial charge in [0.2, 0.25) is 0 Å². The number of hydrogen-bond acceptors (Lipinski definition) is 4. The lowest BCUT2D eigenvalue weighted by atomic mass is 10.0. The first-order chi connectivity index (χ1) is 9.01. The number of halogens is 1. The number of aliphatic hydroxyl groups excluding tert-OH is 1. The minimum absolute atomic E-state index is 0.0183. The summed E-state index contributed by atoms with van der Waals surface area (Å²) in [4.78, 5) is 2.10. The maximum Gasteiger partial charge on any atom is 0.123 e. The molecule has 4 nitrogen and oxygen atoms in total. The van der Waals surface area contributed by atoms with Crippen LogP contribution in [0, 0.1) is 5.82 Å². The molecule has 0 aromatic heterocycles. The van der Waals surface area contributed by atoms with E-state index in [2.05, 4.69) is 4.90 Å². The van der Waals surface area contributed by atoms with E-state index in [1.807, 2.05) is 13.8 Å². The average Bonchev–Trinajstić information content (AvgIpc) is 2.37. The molecule has 0 saturated carbocycles. The minimum atomic E-state index is -0.281. The summed E-state index contributed by atoms with van der Waals surface area (Å²) < 4.78 is 19.0. The second kappa shape index (κ2) is 5.86. The maximum absolute atomic E-state index is 13.4. The van der Waals surface area contributed by atoms with Crippen LogP contribution in [0.5, 0.6) is 0 Å². The molecule has 3 N–H and O–H groups in total. The van der Waals surface area contributed by atoms with Crippen molar-refractivity contribution < 1.29 is 14.2 Å². The van der Waals surface area contributed by atoms with E-state index in [0.29, 0.717) is 13.1 Å². The van der Waals surface area contributed by atoms with E-state index in [0.717, 1.165) is 11.3 Å². The number of hydrogen-bond donors (Lipinski definition) is 2. The molecule has 3 unspecified atom stereocenters. The van der Waals surface area contributed by atoms with Crippen molar-refractivity contribution in [2.45, 2.75) is 32.1 Å². The number of benzene rings is 1. The van der Waals surface area contributed by atoms with Crippen LogP contribution in [0.25, 0.3) is 0 Å². The van der Waals surface area contributed by atoms with Crippen molar-refractivity contribution in [3.63, 3.8) is 0 Å². The van der Waals surface area contributed by atoms with Crippen LogP contribution in [0.3, 0.4) is 0 Å². The molecule has 1 aromatic carbocycles. The Morgan fingerprint density at radius 2 is 2.26 bits per heavy atom. The second-order valence-corrected chi connectivity index (χ2v) is 5.15. The van der Waals surface area contributed by atoms with Crippen molar-refractivity contribution in [1.82, 2.24) is 0 Å². The molecule has 19 heavy (non-hydrogen) atoms. The zero-order valence-electron chi connectivity index (χ0n) is 11.3. The van der Waals surface area contributed by atoms with Gasteiger partial charge in [0.1, 0.15) is 5.82 Å². The molecule has 0 spiro atoms. The molecule has 1 saturated heterocycles. The highest BCUT2D eigenvalue weighted by atomic mass is 19.1.